The normalized spacial score (nSPS) is 12.3. The molecule has 5 nitrogen and oxygen atoms in total. The highest BCUT2D eigenvalue weighted by Gasteiger charge is 2.48. The van der Waals surface area contributed by atoms with Crippen LogP contribution < -0.4 is 9.81 Å². The predicted octanol–water partition coefficient (Wildman–Crippen LogP) is 4.14. The minimum atomic E-state index is -5.95. The van der Waals surface area contributed by atoms with Gasteiger partial charge in [-0.1, -0.05) is 12.1 Å². The summed E-state index contributed by atoms with van der Waals surface area (Å²) in [6.45, 7) is 1.50. The zero-order valence-corrected chi connectivity index (χ0v) is 14.3. The Kier molecular flexibility index (Phi) is 4.46. The van der Waals surface area contributed by atoms with Gasteiger partial charge in [0.05, 0.1) is 0 Å². The van der Waals surface area contributed by atoms with Gasteiger partial charge in [-0.2, -0.15) is 21.6 Å². The van der Waals surface area contributed by atoms with Crippen LogP contribution in [-0.2, 0) is 10.1 Å². The van der Waals surface area contributed by atoms with E-state index in [0.717, 1.165) is 30.3 Å². The summed E-state index contributed by atoms with van der Waals surface area (Å²) in [6.07, 6.45) is 0. The summed E-state index contributed by atoms with van der Waals surface area (Å²) < 4.78 is 83.6. The molecule has 0 bridgehead atoms. The van der Waals surface area contributed by atoms with Crippen LogP contribution in [0.5, 0.6) is 5.75 Å². The van der Waals surface area contributed by atoms with Gasteiger partial charge in [-0.15, -0.1) is 0 Å². The average Bonchev–Trinajstić information content (AvgIpc) is 2.54. The number of halogens is 4. The lowest BCUT2D eigenvalue weighted by Gasteiger charge is -2.14. The van der Waals surface area contributed by atoms with Crippen LogP contribution in [-0.4, -0.2) is 13.9 Å². The largest absolute Gasteiger partial charge is 0.534 e. The second-order valence-corrected chi connectivity index (χ2v) is 7.12. The van der Waals surface area contributed by atoms with Gasteiger partial charge in [0.2, 0.25) is 0 Å². The SMILES string of the molecule is Cc1cc(=O)oc2cc(-c3ccc(F)cc3)c(OS(=O)(=O)C(F)(F)F)cc12. The minimum absolute atomic E-state index is 0.0103. The predicted molar refractivity (Wildman–Crippen MR) is 88.2 cm³/mol. The van der Waals surface area contributed by atoms with Gasteiger partial charge in [0.1, 0.15) is 11.4 Å². The van der Waals surface area contributed by atoms with Gasteiger partial charge in [-0.25, -0.2) is 9.18 Å². The molecule has 0 spiro atoms. The summed E-state index contributed by atoms with van der Waals surface area (Å²) in [5.74, 6) is -1.24. The van der Waals surface area contributed by atoms with Crippen molar-refractivity contribution in [2.75, 3.05) is 0 Å². The van der Waals surface area contributed by atoms with Crippen LogP contribution in [0.15, 0.2) is 51.7 Å². The number of fused-ring (bicyclic) bond motifs is 1. The monoisotopic (exact) mass is 402 g/mol. The second kappa shape index (κ2) is 6.38. The first-order valence-corrected chi connectivity index (χ1v) is 8.74. The molecular weight excluding hydrogens is 392 g/mol. The minimum Gasteiger partial charge on any atom is -0.423 e. The van der Waals surface area contributed by atoms with Gasteiger partial charge in [0.25, 0.3) is 0 Å². The molecule has 0 fully saturated rings. The number of aryl methyl sites for hydroxylation is 1. The Morgan fingerprint density at radius 3 is 2.26 bits per heavy atom. The zero-order chi connectivity index (χ0) is 20.0. The fourth-order valence-corrected chi connectivity index (χ4v) is 2.90. The maximum absolute atomic E-state index is 13.2. The number of benzene rings is 2. The summed E-state index contributed by atoms with van der Waals surface area (Å²) in [5.41, 5.74) is -5.93. The fourth-order valence-electron chi connectivity index (χ4n) is 2.43. The Morgan fingerprint density at radius 2 is 1.67 bits per heavy atom. The van der Waals surface area contributed by atoms with Crippen LogP contribution in [0.2, 0.25) is 0 Å². The lowest BCUT2D eigenvalue weighted by molar-refractivity contribution is -0.0499. The van der Waals surface area contributed by atoms with E-state index in [-0.39, 0.29) is 22.1 Å². The molecule has 0 aliphatic carbocycles. The third-order valence-electron chi connectivity index (χ3n) is 3.69. The lowest BCUT2D eigenvalue weighted by Crippen LogP contribution is -2.28. The fraction of sp³-hybridized carbons (Fsp3) is 0.118. The molecule has 27 heavy (non-hydrogen) atoms. The van der Waals surface area contributed by atoms with Crippen molar-refractivity contribution in [1.29, 1.82) is 0 Å². The van der Waals surface area contributed by atoms with Crippen LogP contribution in [0.25, 0.3) is 22.1 Å². The Hall–Kier alpha value is -2.88. The van der Waals surface area contributed by atoms with E-state index in [1.54, 1.807) is 0 Å². The topological polar surface area (TPSA) is 73.6 Å². The third kappa shape index (κ3) is 3.65. The zero-order valence-electron chi connectivity index (χ0n) is 13.5. The molecule has 2 aromatic carbocycles. The molecular formula is C17H10F4O5S. The lowest BCUT2D eigenvalue weighted by atomic mass is 10.0. The Balaban J connectivity index is 2.30. The van der Waals surface area contributed by atoms with E-state index in [1.165, 1.54) is 19.1 Å². The smallest absolute Gasteiger partial charge is 0.423 e. The van der Waals surface area contributed by atoms with Gasteiger partial charge in [-0.3, -0.25) is 0 Å². The molecule has 0 aliphatic rings. The first-order chi connectivity index (χ1) is 12.5. The molecule has 3 aromatic rings. The molecule has 1 heterocycles. The van der Waals surface area contributed by atoms with Gasteiger partial charge in [-0.05, 0) is 42.3 Å². The molecule has 0 amide bonds. The van der Waals surface area contributed by atoms with Crippen molar-refractivity contribution in [3.05, 3.63) is 64.3 Å². The number of hydrogen-bond acceptors (Lipinski definition) is 5. The van der Waals surface area contributed by atoms with Crippen LogP contribution in [0, 0.1) is 12.7 Å². The molecule has 0 atom stereocenters. The van der Waals surface area contributed by atoms with Crippen molar-refractivity contribution in [2.45, 2.75) is 12.4 Å². The molecule has 142 valence electrons. The molecule has 0 unspecified atom stereocenters. The molecule has 0 N–H and O–H groups in total. The van der Waals surface area contributed by atoms with E-state index in [1.807, 2.05) is 0 Å². The molecule has 0 saturated heterocycles. The van der Waals surface area contributed by atoms with Crippen molar-refractivity contribution in [3.63, 3.8) is 0 Å². The quantitative estimate of drug-likeness (QED) is 0.285. The standard InChI is InChI=1S/C17H10F4O5S/c1-9-6-16(22)25-14-8-13(10-2-4-11(18)5-3-10)15(7-12(9)14)26-27(23,24)17(19,20)21/h2-8H,1H3. The molecule has 10 heteroatoms. The summed E-state index contributed by atoms with van der Waals surface area (Å²) >= 11 is 0. The molecule has 1 aromatic heterocycles. The van der Waals surface area contributed by atoms with Crippen LogP contribution in [0.1, 0.15) is 5.56 Å². The second-order valence-electron chi connectivity index (χ2n) is 5.58. The highest BCUT2D eigenvalue weighted by Crippen LogP contribution is 2.38. The Morgan fingerprint density at radius 1 is 1.04 bits per heavy atom. The highest BCUT2D eigenvalue weighted by atomic mass is 32.2. The van der Waals surface area contributed by atoms with E-state index >= 15 is 0 Å². The van der Waals surface area contributed by atoms with Crippen molar-refractivity contribution in [1.82, 2.24) is 0 Å². The van der Waals surface area contributed by atoms with Crippen LogP contribution in [0.3, 0.4) is 0 Å². The van der Waals surface area contributed by atoms with Crippen molar-refractivity contribution >= 4 is 21.1 Å². The van der Waals surface area contributed by atoms with Crippen LogP contribution >= 0.6 is 0 Å². The summed E-state index contributed by atoms with van der Waals surface area (Å²) in [5, 5.41) is 0.188. The summed E-state index contributed by atoms with van der Waals surface area (Å²) in [7, 11) is -5.95. The van der Waals surface area contributed by atoms with E-state index in [2.05, 4.69) is 4.18 Å². The number of rotatable bonds is 3. The van der Waals surface area contributed by atoms with Crippen molar-refractivity contribution in [2.24, 2.45) is 0 Å². The van der Waals surface area contributed by atoms with Gasteiger partial charge in [0.15, 0.2) is 5.75 Å². The van der Waals surface area contributed by atoms with E-state index in [4.69, 9.17) is 4.42 Å². The Bertz CT molecular complexity index is 1180. The maximum atomic E-state index is 13.2. The third-order valence-corrected chi connectivity index (χ3v) is 4.66. The average molecular weight is 402 g/mol. The van der Waals surface area contributed by atoms with Gasteiger partial charge < -0.3 is 8.60 Å². The maximum Gasteiger partial charge on any atom is 0.534 e. The molecule has 0 aliphatic heterocycles. The summed E-state index contributed by atoms with van der Waals surface area (Å²) in [4.78, 5) is 11.5. The Labute approximate surface area is 149 Å². The molecule has 3 rings (SSSR count). The first kappa shape index (κ1) is 18.9. The van der Waals surface area contributed by atoms with Crippen molar-refractivity contribution < 1.29 is 34.6 Å². The molecule has 0 saturated carbocycles. The highest BCUT2D eigenvalue weighted by molar-refractivity contribution is 7.88. The van der Waals surface area contributed by atoms with E-state index in [0.29, 0.717) is 5.56 Å². The van der Waals surface area contributed by atoms with E-state index in [9.17, 15) is 30.8 Å². The van der Waals surface area contributed by atoms with Gasteiger partial charge >= 0.3 is 21.3 Å². The summed E-state index contributed by atoms with van der Waals surface area (Å²) in [6, 6.07) is 7.80. The van der Waals surface area contributed by atoms with Gasteiger partial charge in [0, 0.05) is 17.0 Å². The van der Waals surface area contributed by atoms with Crippen molar-refractivity contribution in [3.8, 4) is 16.9 Å². The van der Waals surface area contributed by atoms with Crippen LogP contribution in [0.4, 0.5) is 17.6 Å². The molecule has 0 radical (unpaired) electrons. The number of alkyl halides is 3. The first-order valence-electron chi connectivity index (χ1n) is 7.33. The number of hydrogen-bond donors (Lipinski definition) is 0. The van der Waals surface area contributed by atoms with E-state index < -0.39 is 32.8 Å².